The molecule has 0 saturated carbocycles. The van der Waals surface area contributed by atoms with Crippen LogP contribution in [0, 0.1) is 11.3 Å². The second-order valence-electron chi connectivity index (χ2n) is 18.2. The second-order valence-corrected chi connectivity index (χ2v) is 20.8. The van der Waals surface area contributed by atoms with Gasteiger partial charge in [-0.25, -0.2) is 4.98 Å². The van der Waals surface area contributed by atoms with Crippen molar-refractivity contribution in [1.82, 2.24) is 10.3 Å². The number of aromatic nitrogens is 1. The first-order valence-corrected chi connectivity index (χ1v) is 25.5. The maximum absolute atomic E-state index is 12.7. The molecular formula is C55H58N5O5S2+. The van der Waals surface area contributed by atoms with Gasteiger partial charge in [-0.05, 0) is 103 Å². The summed E-state index contributed by atoms with van der Waals surface area (Å²) in [6.45, 7) is 11.4. The van der Waals surface area contributed by atoms with Crippen molar-refractivity contribution in [1.29, 1.82) is 5.26 Å². The molecule has 0 radical (unpaired) electrons. The molecule has 12 heteroatoms. The van der Waals surface area contributed by atoms with Crippen molar-refractivity contribution in [3.8, 4) is 11.8 Å². The first-order chi connectivity index (χ1) is 32.3. The highest BCUT2D eigenvalue weighted by atomic mass is 32.2. The molecule has 3 heterocycles. The van der Waals surface area contributed by atoms with Gasteiger partial charge in [0.1, 0.15) is 25.0 Å². The van der Waals surface area contributed by atoms with Gasteiger partial charge in [-0.3, -0.25) is 9.35 Å². The van der Waals surface area contributed by atoms with E-state index in [4.69, 9.17) is 10.00 Å². The van der Waals surface area contributed by atoms with Gasteiger partial charge in [-0.1, -0.05) is 98.8 Å². The van der Waals surface area contributed by atoms with E-state index in [1.54, 1.807) is 0 Å². The zero-order valence-corrected chi connectivity index (χ0v) is 40.3. The highest BCUT2D eigenvalue weighted by Crippen LogP contribution is 2.51. The molecule has 6 aromatic rings. The standard InChI is InChI=1S/C55H57N5O5S2/c1-54(2)48(23-9-6-5-7-10-24-49-55(3,4)53-43-22-15-13-20-40(43)27-31-46(53)60(49)34-17-18-36-67(62,63)64)59(45-30-26-39-19-12-14-21-42(39)52(45)54)33-16-8-11-25-50(61)57-32-35-65-41-28-29-44-47(37-41)66-51(38-56)58-44/h5-7,9-10,12-15,19-24,26-31,37H,8,11,16-18,25,32-36H2,1-4H3,(H-,57,61,62,63,64)/p+1. The van der Waals surface area contributed by atoms with Crippen LogP contribution in [0.25, 0.3) is 31.8 Å². The lowest BCUT2D eigenvalue weighted by atomic mass is 9.79. The summed E-state index contributed by atoms with van der Waals surface area (Å²) in [5.74, 6) is 0.457. The number of carbonyl (C=O) groups excluding carboxylic acids is 1. The summed E-state index contributed by atoms with van der Waals surface area (Å²) in [6.07, 6.45) is 18.9. The Labute approximate surface area is 398 Å². The predicted molar refractivity (Wildman–Crippen MR) is 274 cm³/mol. The van der Waals surface area contributed by atoms with Gasteiger partial charge in [0, 0.05) is 53.9 Å². The van der Waals surface area contributed by atoms with E-state index in [1.165, 1.54) is 55.4 Å². The van der Waals surface area contributed by atoms with Crippen LogP contribution in [0.1, 0.15) is 82.4 Å². The minimum Gasteiger partial charge on any atom is -0.492 e. The number of fused-ring (bicyclic) bond motifs is 7. The number of ether oxygens (including phenoxy) is 1. The van der Waals surface area contributed by atoms with Crippen LogP contribution in [-0.2, 0) is 25.7 Å². The predicted octanol–water partition coefficient (Wildman–Crippen LogP) is 11.6. The largest absolute Gasteiger partial charge is 0.492 e. The normalized spacial score (nSPS) is 16.1. The zero-order valence-electron chi connectivity index (χ0n) is 38.7. The number of hydrogen-bond donors (Lipinski definition) is 2. The van der Waals surface area contributed by atoms with Crippen molar-refractivity contribution in [2.45, 2.75) is 77.0 Å². The molecule has 10 nitrogen and oxygen atoms in total. The highest BCUT2D eigenvalue weighted by molar-refractivity contribution is 7.85. The van der Waals surface area contributed by atoms with Crippen molar-refractivity contribution in [3.05, 3.63) is 155 Å². The average Bonchev–Trinajstić information content (AvgIpc) is 3.90. The number of thiazole rings is 1. The molecule has 67 heavy (non-hydrogen) atoms. The fourth-order valence-electron chi connectivity index (χ4n) is 9.82. The molecule has 2 N–H and O–H groups in total. The molecule has 8 rings (SSSR count). The summed E-state index contributed by atoms with van der Waals surface area (Å²) >= 11 is 1.33. The van der Waals surface area contributed by atoms with E-state index in [-0.39, 0.29) is 22.5 Å². The van der Waals surface area contributed by atoms with E-state index in [1.807, 2.05) is 18.2 Å². The maximum Gasteiger partial charge on any atom is 0.264 e. The number of amides is 1. The Bertz CT molecular complexity index is 3150. The molecule has 0 spiro atoms. The molecule has 0 saturated heterocycles. The fourth-order valence-corrected chi connectivity index (χ4v) is 11.2. The molecule has 1 amide bonds. The van der Waals surface area contributed by atoms with Gasteiger partial charge in [-0.2, -0.15) is 18.3 Å². The van der Waals surface area contributed by atoms with Crippen LogP contribution in [0.2, 0.25) is 0 Å². The number of rotatable bonds is 19. The van der Waals surface area contributed by atoms with E-state index < -0.39 is 10.1 Å². The van der Waals surface area contributed by atoms with Gasteiger partial charge in [0.25, 0.3) is 10.1 Å². The van der Waals surface area contributed by atoms with E-state index in [2.05, 4.69) is 169 Å². The monoisotopic (exact) mass is 932 g/mol. The SMILES string of the molecule is CC1(C)C(=CC=CC=CC=CC2=[N+](CCCCCC(=O)NCCOc3ccc4nc(C#N)sc4c3)c3ccc4ccccc4c3C2(C)C)N(CCCCS(=O)(=O)O)c2ccc3ccccc3c21. The summed E-state index contributed by atoms with van der Waals surface area (Å²) in [5.41, 5.74) is 7.56. The Hall–Kier alpha value is -6.39. The second kappa shape index (κ2) is 20.2. The topological polar surface area (TPSA) is 136 Å². The van der Waals surface area contributed by atoms with E-state index in [0.29, 0.717) is 49.7 Å². The molecule has 0 fully saturated rings. The summed E-state index contributed by atoms with van der Waals surface area (Å²) in [5, 5.41) is 17.4. The number of allylic oxidation sites excluding steroid dienone is 8. The third-order valence-corrected chi connectivity index (χ3v) is 14.7. The number of benzene rings is 5. The Morgan fingerprint density at radius 2 is 1.57 bits per heavy atom. The maximum atomic E-state index is 12.7. The number of carbonyl (C=O) groups is 1. The van der Waals surface area contributed by atoms with Crippen molar-refractivity contribution in [3.63, 3.8) is 0 Å². The zero-order chi connectivity index (χ0) is 47.2. The summed E-state index contributed by atoms with van der Waals surface area (Å²) in [7, 11) is -4.01. The fraction of sp³-hybridized carbons (Fsp3) is 0.309. The van der Waals surface area contributed by atoms with Gasteiger partial charge >= 0.3 is 0 Å². The molecule has 2 aliphatic rings. The third-order valence-electron chi connectivity index (χ3n) is 12.9. The van der Waals surface area contributed by atoms with Crippen LogP contribution in [-0.4, -0.2) is 66.1 Å². The van der Waals surface area contributed by atoms with Crippen molar-refractivity contribution < 1.29 is 27.1 Å². The highest BCUT2D eigenvalue weighted by Gasteiger charge is 2.45. The first kappa shape index (κ1) is 47.1. The Balaban J connectivity index is 0.913. The van der Waals surface area contributed by atoms with E-state index >= 15 is 0 Å². The lowest BCUT2D eigenvalue weighted by Crippen LogP contribution is -2.28. The number of hydrogen-bond acceptors (Lipinski definition) is 8. The van der Waals surface area contributed by atoms with Crippen LogP contribution < -0.4 is 15.0 Å². The minimum absolute atomic E-state index is 0.0169. The average molecular weight is 933 g/mol. The Kier molecular flexibility index (Phi) is 14.2. The van der Waals surface area contributed by atoms with Crippen molar-refractivity contribution in [2.24, 2.45) is 0 Å². The Morgan fingerprint density at radius 1 is 0.851 bits per heavy atom. The molecule has 0 aliphatic carbocycles. The Morgan fingerprint density at radius 3 is 2.33 bits per heavy atom. The number of anilines is 1. The summed E-state index contributed by atoms with van der Waals surface area (Å²) < 4.78 is 41.5. The van der Waals surface area contributed by atoms with Crippen LogP contribution in [0.15, 0.2) is 139 Å². The molecule has 5 aromatic carbocycles. The molecule has 344 valence electrons. The summed E-state index contributed by atoms with van der Waals surface area (Å²) in [4.78, 5) is 19.3. The van der Waals surface area contributed by atoms with Gasteiger partial charge < -0.3 is 15.0 Å². The van der Waals surface area contributed by atoms with Gasteiger partial charge in [-0.15, -0.1) is 11.3 Å². The van der Waals surface area contributed by atoms with Crippen LogP contribution >= 0.6 is 11.3 Å². The molecule has 0 bridgehead atoms. The van der Waals surface area contributed by atoms with Crippen molar-refractivity contribution >= 4 is 76.2 Å². The molecular weight excluding hydrogens is 875 g/mol. The van der Waals surface area contributed by atoms with Gasteiger partial charge in [0.05, 0.1) is 27.9 Å². The first-order valence-electron chi connectivity index (χ1n) is 23.1. The van der Waals surface area contributed by atoms with E-state index in [0.717, 1.165) is 47.4 Å². The third kappa shape index (κ3) is 10.4. The van der Waals surface area contributed by atoms with E-state index in [9.17, 15) is 17.8 Å². The van der Waals surface area contributed by atoms with Crippen LogP contribution in [0.4, 0.5) is 11.4 Å². The minimum atomic E-state index is -4.01. The van der Waals surface area contributed by atoms with Gasteiger partial charge in [0.15, 0.2) is 10.7 Å². The number of nitrogens with zero attached hydrogens (tertiary/aromatic N) is 4. The van der Waals surface area contributed by atoms with Gasteiger partial charge in [0.2, 0.25) is 11.6 Å². The quantitative estimate of drug-likeness (QED) is 0.0355. The number of nitrogens with one attached hydrogen (secondary N) is 1. The molecule has 0 unspecified atom stereocenters. The smallest absolute Gasteiger partial charge is 0.264 e. The van der Waals surface area contributed by atoms with Crippen molar-refractivity contribution in [2.75, 3.05) is 36.9 Å². The number of nitriles is 1. The number of unbranched alkanes of at least 4 members (excludes halogenated alkanes) is 3. The van der Waals surface area contributed by atoms with Crippen LogP contribution in [0.3, 0.4) is 0 Å². The lowest BCUT2D eigenvalue weighted by molar-refractivity contribution is -0.438. The molecule has 2 aliphatic heterocycles. The molecule has 1 aromatic heterocycles. The lowest BCUT2D eigenvalue weighted by Gasteiger charge is -2.27. The van der Waals surface area contributed by atoms with Crippen LogP contribution in [0.5, 0.6) is 5.75 Å². The molecule has 0 atom stereocenters. The summed E-state index contributed by atoms with van der Waals surface area (Å²) in [6, 6.07) is 33.5.